The second kappa shape index (κ2) is 15.7. The maximum atomic E-state index is 17.3. The van der Waals surface area contributed by atoms with Crippen molar-refractivity contribution in [3.63, 3.8) is 0 Å². The van der Waals surface area contributed by atoms with Crippen molar-refractivity contribution >= 4 is 49.1 Å². The third-order valence-corrected chi connectivity index (χ3v) is 10.5. The fraction of sp³-hybridized carbons (Fsp3) is 0.324. The molecule has 1 fully saturated rings. The van der Waals surface area contributed by atoms with Gasteiger partial charge < -0.3 is 24.2 Å². The van der Waals surface area contributed by atoms with Gasteiger partial charge in [-0.25, -0.2) is 21.9 Å². The van der Waals surface area contributed by atoms with E-state index in [0.29, 0.717) is 12.8 Å². The number of aryl methyl sites for hydroxylation is 1. The molecule has 1 amide bonds. The van der Waals surface area contributed by atoms with Crippen LogP contribution in [0.3, 0.4) is 0 Å². The Morgan fingerprint density at radius 3 is 2.46 bits per heavy atom. The molecule has 14 nitrogen and oxygen atoms in total. The molecule has 2 heterocycles. The third kappa shape index (κ3) is 8.97. The van der Waals surface area contributed by atoms with Gasteiger partial charge in [0.1, 0.15) is 22.9 Å². The zero-order chi connectivity index (χ0) is 41.4. The van der Waals surface area contributed by atoms with E-state index >= 15 is 8.78 Å². The number of nitrogens with zero attached hydrogens (tertiary/aromatic N) is 4. The predicted octanol–water partition coefficient (Wildman–Crippen LogP) is 6.27. The van der Waals surface area contributed by atoms with Crippen molar-refractivity contribution in [1.29, 1.82) is 0 Å². The average Bonchev–Trinajstić information content (AvgIpc) is 3.13. The van der Waals surface area contributed by atoms with Crippen LogP contribution < -0.4 is 19.1 Å². The molecule has 4 aromatic carbocycles. The number of carbonyl (C=O) groups excluding carboxylic acids is 1. The highest BCUT2D eigenvalue weighted by atomic mass is 32.2. The zero-order valence-electron chi connectivity index (χ0n) is 30.4. The van der Waals surface area contributed by atoms with Gasteiger partial charge in [-0.2, -0.15) is 23.1 Å². The molecule has 0 unspecified atom stereocenters. The van der Waals surface area contributed by atoms with Gasteiger partial charge in [0.2, 0.25) is 5.91 Å². The van der Waals surface area contributed by atoms with Crippen LogP contribution in [-0.2, 0) is 26.0 Å². The van der Waals surface area contributed by atoms with Crippen molar-refractivity contribution in [2.75, 3.05) is 38.5 Å². The highest BCUT2D eigenvalue weighted by Crippen LogP contribution is 2.45. The summed E-state index contributed by atoms with van der Waals surface area (Å²) in [6.45, 7) is 1.02. The standard InChI is InChI=1S/C37H34F5N5O9S/c1-20-5-8-23(9-6-20)57(52,53)45-29(48)16-24-27(38)10-7-21-13-22(56-19-54-3)14-25(30(21)24)31-28(47(50)51)15-26-33(32(31)39)43-35(55-18-37(40,41)42)44-34(26)46-12-4-11-36(2,49)17-46/h5-10,13-15,49H,4,11-12,16-19H2,1-3H3,(H,45,48)/t36-/m1/s1. The number of sulfonamides is 1. The number of benzene rings is 4. The number of carbonyl (C=O) groups is 1. The maximum absolute atomic E-state index is 17.3. The Morgan fingerprint density at radius 1 is 1.09 bits per heavy atom. The molecule has 0 radical (unpaired) electrons. The lowest BCUT2D eigenvalue weighted by Gasteiger charge is -2.38. The SMILES string of the molecule is COCOc1cc(-c2c([N+](=O)[O-])cc3c(N4CCC[C@@](C)(O)C4)nc(OCC(F)(F)F)nc3c2F)c2c(CC(=O)NS(=O)(=O)c3ccc(C)cc3)c(F)ccc2c1. The normalized spacial score (nSPS) is 16.2. The molecule has 0 saturated carbocycles. The van der Waals surface area contributed by atoms with Crippen LogP contribution in [0.1, 0.15) is 30.9 Å². The summed E-state index contributed by atoms with van der Waals surface area (Å²) in [6.07, 6.45) is -5.11. The number of amides is 1. The van der Waals surface area contributed by atoms with Gasteiger partial charge >= 0.3 is 12.2 Å². The van der Waals surface area contributed by atoms with Crippen LogP contribution in [0.5, 0.6) is 11.8 Å². The number of nitrogens with one attached hydrogen (secondary N) is 1. The summed E-state index contributed by atoms with van der Waals surface area (Å²) < 4.78 is 116. The molecule has 5 aromatic rings. The molecule has 0 spiro atoms. The predicted molar refractivity (Wildman–Crippen MR) is 195 cm³/mol. The fourth-order valence-electron chi connectivity index (χ4n) is 6.62. The van der Waals surface area contributed by atoms with Crippen LogP contribution >= 0.6 is 0 Å². The Balaban J connectivity index is 1.60. The molecule has 20 heteroatoms. The number of methoxy groups -OCH3 is 1. The first kappa shape index (κ1) is 40.9. The number of ether oxygens (including phenoxy) is 3. The van der Waals surface area contributed by atoms with Crippen molar-refractivity contribution in [3.8, 4) is 22.9 Å². The summed E-state index contributed by atoms with van der Waals surface area (Å²) in [5, 5.41) is 23.1. The molecule has 0 aliphatic carbocycles. The molecule has 1 aliphatic rings. The monoisotopic (exact) mass is 819 g/mol. The highest BCUT2D eigenvalue weighted by Gasteiger charge is 2.35. The second-order valence-corrected chi connectivity index (χ2v) is 15.3. The number of nitro benzene ring substituents is 1. The smallest absolute Gasteiger partial charge is 0.422 e. The molecule has 2 N–H and O–H groups in total. The number of halogens is 5. The van der Waals surface area contributed by atoms with Gasteiger partial charge in [0.15, 0.2) is 19.2 Å². The molecule has 6 rings (SSSR count). The molecule has 1 saturated heterocycles. The Bertz CT molecular complexity index is 2500. The number of anilines is 1. The van der Waals surface area contributed by atoms with E-state index in [9.17, 15) is 41.6 Å². The van der Waals surface area contributed by atoms with Gasteiger partial charge in [0, 0.05) is 37.4 Å². The summed E-state index contributed by atoms with van der Waals surface area (Å²) in [5.74, 6) is -4.06. The molecule has 1 aliphatic heterocycles. The Labute approximate surface area is 321 Å². The summed E-state index contributed by atoms with van der Waals surface area (Å²) >= 11 is 0. The first-order valence-electron chi connectivity index (χ1n) is 17.1. The van der Waals surface area contributed by atoms with Crippen molar-refractivity contribution in [2.45, 2.75) is 49.8 Å². The van der Waals surface area contributed by atoms with E-state index in [4.69, 9.17) is 14.2 Å². The molecular weight excluding hydrogens is 785 g/mol. The molecule has 302 valence electrons. The Morgan fingerprint density at radius 2 is 1.81 bits per heavy atom. The number of aromatic nitrogens is 2. The van der Waals surface area contributed by atoms with Crippen molar-refractivity contribution in [3.05, 3.63) is 87.5 Å². The van der Waals surface area contributed by atoms with E-state index in [1.165, 1.54) is 55.3 Å². The fourth-order valence-corrected chi connectivity index (χ4v) is 7.61. The minimum atomic E-state index is -4.86. The lowest BCUT2D eigenvalue weighted by atomic mass is 9.90. The number of hydrogen-bond donors (Lipinski definition) is 2. The number of rotatable bonds is 12. The van der Waals surface area contributed by atoms with Crippen LogP contribution in [0, 0.1) is 28.7 Å². The van der Waals surface area contributed by atoms with Gasteiger partial charge in [0.25, 0.3) is 15.7 Å². The maximum Gasteiger partial charge on any atom is 0.422 e. The lowest BCUT2D eigenvalue weighted by molar-refractivity contribution is -0.384. The molecular formula is C37H34F5N5O9S. The van der Waals surface area contributed by atoms with Crippen molar-refractivity contribution in [2.24, 2.45) is 0 Å². The quantitative estimate of drug-likeness (QED) is 0.0624. The summed E-state index contributed by atoms with van der Waals surface area (Å²) in [5.41, 5.74) is -3.98. The number of hydrogen-bond acceptors (Lipinski definition) is 12. The van der Waals surface area contributed by atoms with E-state index in [1.807, 2.05) is 4.72 Å². The van der Waals surface area contributed by atoms with Gasteiger partial charge in [-0.3, -0.25) is 14.9 Å². The third-order valence-electron chi connectivity index (χ3n) is 9.08. The van der Waals surface area contributed by atoms with Gasteiger partial charge in [0.05, 0.1) is 32.8 Å². The van der Waals surface area contributed by atoms with E-state index in [-0.39, 0.29) is 52.5 Å². The number of β-amino-alcohol motifs (C(OH)–C–C–N with tert-alkyl or cyclic N) is 1. The first-order valence-corrected chi connectivity index (χ1v) is 18.6. The minimum Gasteiger partial charge on any atom is -0.468 e. The number of aliphatic hydroxyl groups is 1. The zero-order valence-corrected chi connectivity index (χ0v) is 31.3. The number of alkyl halides is 3. The second-order valence-electron chi connectivity index (χ2n) is 13.7. The number of piperidine rings is 1. The topological polar surface area (TPSA) is 183 Å². The van der Waals surface area contributed by atoms with Gasteiger partial charge in [-0.15, -0.1) is 0 Å². The number of nitro groups is 1. The molecule has 1 aromatic heterocycles. The van der Waals surface area contributed by atoms with Crippen molar-refractivity contribution < 1.29 is 59.4 Å². The molecule has 57 heavy (non-hydrogen) atoms. The number of fused-ring (bicyclic) bond motifs is 2. The van der Waals surface area contributed by atoms with E-state index < -0.39 is 91.2 Å². The van der Waals surface area contributed by atoms with Crippen LogP contribution in [0.25, 0.3) is 32.8 Å². The molecule has 0 bridgehead atoms. The largest absolute Gasteiger partial charge is 0.468 e. The van der Waals surface area contributed by atoms with Crippen LogP contribution in [0.2, 0.25) is 0 Å². The van der Waals surface area contributed by atoms with Crippen LogP contribution in [-0.4, -0.2) is 79.7 Å². The van der Waals surface area contributed by atoms with Gasteiger partial charge in [-0.1, -0.05) is 23.8 Å². The first-order chi connectivity index (χ1) is 26.8. The van der Waals surface area contributed by atoms with E-state index in [1.54, 1.807) is 6.92 Å². The Hall–Kier alpha value is -5.73. The van der Waals surface area contributed by atoms with Gasteiger partial charge in [-0.05, 0) is 67.8 Å². The lowest BCUT2D eigenvalue weighted by Crippen LogP contribution is -2.46. The molecule has 1 atom stereocenters. The van der Waals surface area contributed by atoms with E-state index in [2.05, 4.69) is 9.97 Å². The average molecular weight is 820 g/mol. The Kier molecular flexibility index (Phi) is 11.2. The highest BCUT2D eigenvalue weighted by molar-refractivity contribution is 7.90. The van der Waals surface area contributed by atoms with Crippen LogP contribution in [0.15, 0.2) is 59.5 Å². The van der Waals surface area contributed by atoms with Crippen LogP contribution in [0.4, 0.5) is 33.5 Å². The summed E-state index contributed by atoms with van der Waals surface area (Å²) in [7, 11) is -3.16. The van der Waals surface area contributed by atoms with E-state index in [0.717, 1.165) is 23.8 Å². The summed E-state index contributed by atoms with van der Waals surface area (Å²) in [4.78, 5) is 34.3. The van der Waals surface area contributed by atoms with Crippen molar-refractivity contribution in [1.82, 2.24) is 14.7 Å². The summed E-state index contributed by atoms with van der Waals surface area (Å²) in [6, 6.07) is 10.1. The minimum absolute atomic E-state index is 0.0612.